The number of hydrogen-bond donors (Lipinski definition) is 1. The van der Waals surface area contributed by atoms with Gasteiger partial charge < -0.3 is 9.73 Å². The predicted molar refractivity (Wildman–Crippen MR) is 91.3 cm³/mol. The first-order chi connectivity index (χ1) is 10.2. The molecule has 0 saturated carbocycles. The Balaban J connectivity index is 0.00000176. The second kappa shape index (κ2) is 7.77. The Morgan fingerprint density at radius 2 is 2.09 bits per heavy atom. The Morgan fingerprint density at radius 1 is 1.32 bits per heavy atom. The van der Waals surface area contributed by atoms with Gasteiger partial charge >= 0.3 is 0 Å². The van der Waals surface area contributed by atoms with Crippen LogP contribution in [0.1, 0.15) is 24.1 Å². The summed E-state index contributed by atoms with van der Waals surface area (Å²) in [5.41, 5.74) is 3.30. The maximum absolute atomic E-state index is 5.63. The summed E-state index contributed by atoms with van der Waals surface area (Å²) in [6.07, 6.45) is 4.30. The van der Waals surface area contributed by atoms with Crippen LogP contribution in [-0.4, -0.2) is 36.1 Å². The average Bonchev–Trinajstić information content (AvgIpc) is 2.96. The Labute approximate surface area is 138 Å². The number of hydrogen-bond acceptors (Lipinski definition) is 4. The van der Waals surface area contributed by atoms with Crippen molar-refractivity contribution >= 4 is 12.4 Å². The van der Waals surface area contributed by atoms with Gasteiger partial charge in [0.1, 0.15) is 6.26 Å². The van der Waals surface area contributed by atoms with Gasteiger partial charge in [0.15, 0.2) is 0 Å². The molecule has 1 saturated heterocycles. The summed E-state index contributed by atoms with van der Waals surface area (Å²) in [6.45, 7) is 5.18. The largest absolute Gasteiger partial charge is 0.444 e. The summed E-state index contributed by atoms with van der Waals surface area (Å²) in [5, 5.41) is 3.37. The lowest BCUT2D eigenvalue weighted by molar-refractivity contribution is 0.186. The first kappa shape index (κ1) is 17.0. The third-order valence-electron chi connectivity index (χ3n) is 4.15. The van der Waals surface area contributed by atoms with Crippen molar-refractivity contribution < 1.29 is 4.42 Å². The predicted octanol–water partition coefficient (Wildman–Crippen LogP) is 3.26. The lowest BCUT2D eigenvalue weighted by Crippen LogP contribution is -2.43. The van der Waals surface area contributed by atoms with Crippen LogP contribution in [-0.2, 0) is 6.54 Å². The van der Waals surface area contributed by atoms with E-state index in [0.29, 0.717) is 11.9 Å². The molecular weight excluding hydrogens is 298 g/mol. The smallest absolute Gasteiger partial charge is 0.226 e. The van der Waals surface area contributed by atoms with Crippen molar-refractivity contribution in [1.82, 2.24) is 15.2 Å². The maximum Gasteiger partial charge on any atom is 0.226 e. The van der Waals surface area contributed by atoms with Crippen molar-refractivity contribution in [2.45, 2.75) is 32.4 Å². The number of piperidine rings is 1. The molecule has 1 aromatic carbocycles. The van der Waals surface area contributed by atoms with E-state index in [4.69, 9.17) is 4.42 Å². The highest BCUT2D eigenvalue weighted by Crippen LogP contribution is 2.20. The number of nitrogens with one attached hydrogen (secondary N) is 1. The van der Waals surface area contributed by atoms with E-state index < -0.39 is 0 Å². The van der Waals surface area contributed by atoms with E-state index in [1.807, 2.05) is 7.05 Å². The molecule has 0 bridgehead atoms. The lowest BCUT2D eigenvalue weighted by atomic mass is 10.1. The highest BCUT2D eigenvalue weighted by Gasteiger charge is 2.19. The molecule has 0 amide bonds. The molecule has 1 aromatic heterocycles. The standard InChI is InChI=1S/C17H23N3O.ClH/c1-13-5-7-14(8-6-13)17-19-16(12-21-17)11-20-9-3-4-15(10-20)18-2;/h5-8,12,15,18H,3-4,9-11H2,1-2H3;1H. The second-order valence-corrected chi connectivity index (χ2v) is 5.87. The number of nitrogens with zero attached hydrogens (tertiary/aromatic N) is 2. The second-order valence-electron chi connectivity index (χ2n) is 5.87. The fraction of sp³-hybridized carbons (Fsp3) is 0.471. The molecular formula is C17H24ClN3O. The molecule has 22 heavy (non-hydrogen) atoms. The fourth-order valence-electron chi connectivity index (χ4n) is 2.87. The number of aryl methyl sites for hydroxylation is 1. The van der Waals surface area contributed by atoms with Gasteiger partial charge in [-0.2, -0.15) is 0 Å². The highest BCUT2D eigenvalue weighted by atomic mass is 35.5. The van der Waals surface area contributed by atoms with Crippen LogP contribution in [0, 0.1) is 6.92 Å². The number of benzene rings is 1. The Kier molecular flexibility index (Phi) is 6.00. The van der Waals surface area contributed by atoms with E-state index in [0.717, 1.165) is 30.9 Å². The van der Waals surface area contributed by atoms with Crippen molar-refractivity contribution in [3.8, 4) is 11.5 Å². The number of aromatic nitrogens is 1. The van der Waals surface area contributed by atoms with Crippen molar-refractivity contribution in [2.75, 3.05) is 20.1 Å². The third-order valence-corrected chi connectivity index (χ3v) is 4.15. The SMILES string of the molecule is CNC1CCCN(Cc2coc(-c3ccc(C)cc3)n2)C1.Cl. The fourth-order valence-corrected chi connectivity index (χ4v) is 2.87. The van der Waals surface area contributed by atoms with E-state index in [1.54, 1.807) is 6.26 Å². The summed E-state index contributed by atoms with van der Waals surface area (Å²) in [7, 11) is 2.04. The maximum atomic E-state index is 5.63. The van der Waals surface area contributed by atoms with Gasteiger partial charge in [-0.05, 0) is 45.5 Å². The van der Waals surface area contributed by atoms with Gasteiger partial charge in [0.25, 0.3) is 0 Å². The summed E-state index contributed by atoms with van der Waals surface area (Å²) < 4.78 is 5.63. The number of likely N-dealkylation sites (N-methyl/N-ethyl adjacent to an activating group) is 1. The zero-order chi connectivity index (χ0) is 14.7. The van der Waals surface area contributed by atoms with Gasteiger partial charge in [0.05, 0.1) is 5.69 Å². The van der Waals surface area contributed by atoms with Gasteiger partial charge in [0.2, 0.25) is 5.89 Å². The minimum Gasteiger partial charge on any atom is -0.444 e. The highest BCUT2D eigenvalue weighted by molar-refractivity contribution is 5.85. The molecule has 0 aliphatic carbocycles. The minimum atomic E-state index is 0. The normalized spacial score (nSPS) is 18.9. The summed E-state index contributed by atoms with van der Waals surface area (Å²) in [5.74, 6) is 0.715. The molecule has 120 valence electrons. The molecule has 4 nitrogen and oxygen atoms in total. The Bertz CT molecular complexity index is 582. The Morgan fingerprint density at radius 3 is 2.82 bits per heavy atom. The van der Waals surface area contributed by atoms with E-state index in [2.05, 4.69) is 46.4 Å². The molecule has 2 heterocycles. The zero-order valence-corrected chi connectivity index (χ0v) is 14.0. The topological polar surface area (TPSA) is 41.3 Å². The molecule has 1 atom stereocenters. The molecule has 1 aliphatic rings. The minimum absolute atomic E-state index is 0. The molecule has 1 fully saturated rings. The summed E-state index contributed by atoms with van der Waals surface area (Å²) >= 11 is 0. The van der Waals surface area contributed by atoms with Gasteiger partial charge in [-0.25, -0.2) is 4.98 Å². The van der Waals surface area contributed by atoms with Crippen LogP contribution >= 0.6 is 12.4 Å². The average molecular weight is 322 g/mol. The van der Waals surface area contributed by atoms with Crippen LogP contribution in [0.4, 0.5) is 0 Å². The van der Waals surface area contributed by atoms with E-state index in [9.17, 15) is 0 Å². The van der Waals surface area contributed by atoms with Gasteiger partial charge in [0, 0.05) is 24.7 Å². The quantitative estimate of drug-likeness (QED) is 0.938. The van der Waals surface area contributed by atoms with Crippen molar-refractivity contribution in [2.24, 2.45) is 0 Å². The van der Waals surface area contributed by atoms with E-state index in [1.165, 1.54) is 18.4 Å². The van der Waals surface area contributed by atoms with Crippen LogP contribution in [0.25, 0.3) is 11.5 Å². The summed E-state index contributed by atoms with van der Waals surface area (Å²) in [4.78, 5) is 7.07. The van der Waals surface area contributed by atoms with E-state index >= 15 is 0 Å². The van der Waals surface area contributed by atoms with Crippen LogP contribution in [0.15, 0.2) is 34.9 Å². The van der Waals surface area contributed by atoms with Crippen molar-refractivity contribution in [3.05, 3.63) is 41.8 Å². The van der Waals surface area contributed by atoms with Crippen LogP contribution in [0.2, 0.25) is 0 Å². The molecule has 3 rings (SSSR count). The van der Waals surface area contributed by atoms with E-state index in [-0.39, 0.29) is 12.4 Å². The van der Waals surface area contributed by atoms with Gasteiger partial charge in [-0.3, -0.25) is 4.90 Å². The third kappa shape index (κ3) is 4.09. The van der Waals surface area contributed by atoms with Crippen molar-refractivity contribution in [1.29, 1.82) is 0 Å². The number of likely N-dealkylation sites (tertiary alicyclic amines) is 1. The monoisotopic (exact) mass is 321 g/mol. The number of oxazole rings is 1. The first-order valence-electron chi connectivity index (χ1n) is 7.65. The zero-order valence-electron chi connectivity index (χ0n) is 13.2. The molecule has 0 spiro atoms. The first-order valence-corrected chi connectivity index (χ1v) is 7.65. The lowest BCUT2D eigenvalue weighted by Gasteiger charge is -2.31. The summed E-state index contributed by atoms with van der Waals surface area (Å²) in [6, 6.07) is 8.89. The number of rotatable bonds is 4. The molecule has 1 N–H and O–H groups in total. The van der Waals surface area contributed by atoms with Crippen LogP contribution < -0.4 is 5.32 Å². The van der Waals surface area contributed by atoms with Crippen LogP contribution in [0.5, 0.6) is 0 Å². The number of halogens is 1. The molecule has 1 unspecified atom stereocenters. The molecule has 5 heteroatoms. The van der Waals surface area contributed by atoms with Gasteiger partial charge in [-0.15, -0.1) is 12.4 Å². The Hall–Kier alpha value is -1.36. The molecule has 0 radical (unpaired) electrons. The van der Waals surface area contributed by atoms with Crippen LogP contribution in [0.3, 0.4) is 0 Å². The molecule has 2 aromatic rings. The molecule has 1 aliphatic heterocycles. The van der Waals surface area contributed by atoms with Gasteiger partial charge in [-0.1, -0.05) is 17.7 Å². The van der Waals surface area contributed by atoms with Crippen molar-refractivity contribution in [3.63, 3.8) is 0 Å².